The second-order valence-electron chi connectivity index (χ2n) is 3.77. The van der Waals surface area contributed by atoms with Crippen molar-refractivity contribution in [1.82, 2.24) is 0 Å². The Bertz CT molecular complexity index is 299. The first-order chi connectivity index (χ1) is 7.06. The van der Waals surface area contributed by atoms with Crippen LogP contribution in [0.15, 0.2) is 11.4 Å². The van der Waals surface area contributed by atoms with Gasteiger partial charge in [-0.3, -0.25) is 0 Å². The first-order valence-electron chi connectivity index (χ1n) is 5.13. The van der Waals surface area contributed by atoms with Crippen molar-refractivity contribution in [2.75, 3.05) is 6.54 Å². The maximum absolute atomic E-state index is 9.47. The van der Waals surface area contributed by atoms with Crippen LogP contribution >= 0.6 is 23.1 Å². The molecule has 0 aliphatic carbocycles. The average molecular weight is 245 g/mol. The Kier molecular flexibility index (Phi) is 5.12. The topological polar surface area (TPSA) is 46.2 Å². The Morgan fingerprint density at radius 1 is 1.53 bits per heavy atom. The molecule has 1 heterocycles. The third kappa shape index (κ3) is 3.48. The predicted molar refractivity (Wildman–Crippen MR) is 69.6 cm³/mol. The molecule has 1 aromatic rings. The molecule has 0 bridgehead atoms. The normalized spacial score (nSPS) is 17.4. The van der Waals surface area contributed by atoms with Gasteiger partial charge in [-0.2, -0.15) is 0 Å². The molecule has 2 nitrogen and oxygen atoms in total. The lowest BCUT2D eigenvalue weighted by Gasteiger charge is -2.21. The first kappa shape index (κ1) is 13.0. The molecule has 0 aromatic carbocycles. The molecule has 0 amide bonds. The molecule has 15 heavy (non-hydrogen) atoms. The number of hydrogen-bond donors (Lipinski definition) is 2. The molecule has 1 rings (SSSR count). The Morgan fingerprint density at radius 3 is 2.60 bits per heavy atom. The number of thioether (sulfide) groups is 1. The Labute approximate surface area is 99.9 Å². The third-order valence-corrected chi connectivity index (χ3v) is 5.33. The Hall–Kier alpha value is -0.0300. The lowest BCUT2D eigenvalue weighted by Crippen LogP contribution is -2.20. The summed E-state index contributed by atoms with van der Waals surface area (Å²) in [4.78, 5) is 1.34. The van der Waals surface area contributed by atoms with Gasteiger partial charge < -0.3 is 10.8 Å². The minimum Gasteiger partial charge on any atom is -0.392 e. The van der Waals surface area contributed by atoms with Gasteiger partial charge >= 0.3 is 0 Å². The van der Waals surface area contributed by atoms with Crippen molar-refractivity contribution in [3.8, 4) is 0 Å². The molecule has 4 heteroatoms. The van der Waals surface area contributed by atoms with Crippen LogP contribution in [0.4, 0.5) is 0 Å². The fraction of sp³-hybridized carbons (Fsp3) is 0.636. The van der Waals surface area contributed by atoms with Crippen LogP contribution in [0.5, 0.6) is 0 Å². The van der Waals surface area contributed by atoms with Gasteiger partial charge in [0.1, 0.15) is 0 Å². The molecule has 0 fully saturated rings. The minimum absolute atomic E-state index is 0.222. The molecular weight excluding hydrogens is 226 g/mol. The molecule has 0 radical (unpaired) electrons. The summed E-state index contributed by atoms with van der Waals surface area (Å²) >= 11 is 3.51. The number of nitrogens with two attached hydrogens (primary N) is 1. The summed E-state index contributed by atoms with van der Waals surface area (Å²) in [6, 6.07) is 2.12. The van der Waals surface area contributed by atoms with Gasteiger partial charge in [-0.25, -0.2) is 0 Å². The fourth-order valence-electron chi connectivity index (χ4n) is 1.31. The van der Waals surface area contributed by atoms with E-state index in [-0.39, 0.29) is 11.4 Å². The van der Waals surface area contributed by atoms with Gasteiger partial charge in [-0.1, -0.05) is 6.92 Å². The van der Waals surface area contributed by atoms with Crippen molar-refractivity contribution in [1.29, 1.82) is 0 Å². The number of hydrogen-bond acceptors (Lipinski definition) is 4. The van der Waals surface area contributed by atoms with E-state index in [0.29, 0.717) is 11.8 Å². The first-order valence-corrected chi connectivity index (χ1v) is 6.96. The highest BCUT2D eigenvalue weighted by Crippen LogP contribution is 2.37. The Balaban J connectivity index is 2.69. The molecule has 3 N–H and O–H groups in total. The lowest BCUT2D eigenvalue weighted by molar-refractivity contribution is 0.196. The van der Waals surface area contributed by atoms with Gasteiger partial charge in [0.05, 0.1) is 11.4 Å². The standard InChI is InChI=1S/C11H19NOS2/c1-7-4-5-14-11(7)10(6-12)15-9(3)8(2)13/h4-5,8-10,13H,6,12H2,1-3H3. The lowest BCUT2D eigenvalue weighted by atomic mass is 10.2. The van der Waals surface area contributed by atoms with E-state index in [1.807, 2.05) is 13.8 Å². The summed E-state index contributed by atoms with van der Waals surface area (Å²) in [5.41, 5.74) is 7.09. The molecule has 0 aliphatic heterocycles. The van der Waals surface area contributed by atoms with Crippen LogP contribution < -0.4 is 5.73 Å². The molecule has 86 valence electrons. The van der Waals surface area contributed by atoms with Crippen LogP contribution in [0.25, 0.3) is 0 Å². The second-order valence-corrected chi connectivity index (χ2v) is 6.31. The molecule has 0 saturated heterocycles. The van der Waals surface area contributed by atoms with Crippen LogP contribution in [0.3, 0.4) is 0 Å². The van der Waals surface area contributed by atoms with Gasteiger partial charge in [0.2, 0.25) is 0 Å². The molecule has 0 aliphatic rings. The highest BCUT2D eigenvalue weighted by molar-refractivity contribution is 8.00. The van der Waals surface area contributed by atoms with Crippen molar-refractivity contribution in [3.05, 3.63) is 21.9 Å². The predicted octanol–water partition coefficient (Wildman–Crippen LogP) is 2.56. The van der Waals surface area contributed by atoms with Gasteiger partial charge in [0.15, 0.2) is 0 Å². The van der Waals surface area contributed by atoms with Crippen molar-refractivity contribution in [2.24, 2.45) is 5.73 Å². The molecular formula is C11H19NOS2. The molecule has 0 spiro atoms. The largest absolute Gasteiger partial charge is 0.392 e. The molecule has 3 unspecified atom stereocenters. The van der Waals surface area contributed by atoms with Crippen molar-refractivity contribution in [2.45, 2.75) is 37.4 Å². The maximum Gasteiger partial charge on any atom is 0.0628 e. The summed E-state index contributed by atoms with van der Waals surface area (Å²) in [7, 11) is 0. The van der Waals surface area contributed by atoms with Gasteiger partial charge in [-0.15, -0.1) is 23.1 Å². The number of aliphatic hydroxyl groups excluding tert-OH is 1. The zero-order valence-corrected chi connectivity index (χ0v) is 11.1. The van der Waals surface area contributed by atoms with E-state index in [2.05, 4.69) is 18.4 Å². The van der Waals surface area contributed by atoms with E-state index >= 15 is 0 Å². The summed E-state index contributed by atoms with van der Waals surface area (Å²) in [6.45, 7) is 6.61. The second kappa shape index (κ2) is 5.89. The van der Waals surface area contributed by atoms with E-state index in [1.165, 1.54) is 10.4 Å². The van der Waals surface area contributed by atoms with Gasteiger partial charge in [0, 0.05) is 16.7 Å². The molecule has 0 saturated carbocycles. The summed E-state index contributed by atoms with van der Waals surface area (Å²) < 4.78 is 0. The molecule has 1 aromatic heterocycles. The molecule has 3 atom stereocenters. The summed E-state index contributed by atoms with van der Waals surface area (Å²) in [5, 5.41) is 12.1. The van der Waals surface area contributed by atoms with E-state index < -0.39 is 0 Å². The smallest absolute Gasteiger partial charge is 0.0628 e. The SMILES string of the molecule is Cc1ccsc1C(CN)SC(C)C(C)O. The number of aliphatic hydroxyl groups is 1. The average Bonchev–Trinajstić information content (AvgIpc) is 2.60. The zero-order chi connectivity index (χ0) is 11.4. The van der Waals surface area contributed by atoms with Crippen molar-refractivity contribution >= 4 is 23.1 Å². The van der Waals surface area contributed by atoms with E-state index in [9.17, 15) is 5.11 Å². The van der Waals surface area contributed by atoms with E-state index in [0.717, 1.165) is 0 Å². The van der Waals surface area contributed by atoms with Crippen molar-refractivity contribution < 1.29 is 5.11 Å². The quantitative estimate of drug-likeness (QED) is 0.838. The number of thiophene rings is 1. The highest BCUT2D eigenvalue weighted by atomic mass is 32.2. The third-order valence-electron chi connectivity index (χ3n) is 2.47. The number of aryl methyl sites for hydroxylation is 1. The van der Waals surface area contributed by atoms with Crippen LogP contribution in [-0.2, 0) is 0 Å². The van der Waals surface area contributed by atoms with E-state index in [1.54, 1.807) is 23.1 Å². The van der Waals surface area contributed by atoms with Crippen LogP contribution in [0.2, 0.25) is 0 Å². The van der Waals surface area contributed by atoms with Crippen LogP contribution in [0, 0.1) is 6.92 Å². The monoisotopic (exact) mass is 245 g/mol. The fourth-order valence-corrected chi connectivity index (χ4v) is 3.73. The van der Waals surface area contributed by atoms with Crippen LogP contribution in [-0.4, -0.2) is 23.0 Å². The number of rotatable bonds is 5. The van der Waals surface area contributed by atoms with Crippen molar-refractivity contribution in [3.63, 3.8) is 0 Å². The Morgan fingerprint density at radius 2 is 2.20 bits per heavy atom. The highest BCUT2D eigenvalue weighted by Gasteiger charge is 2.19. The van der Waals surface area contributed by atoms with Gasteiger partial charge in [-0.05, 0) is 30.9 Å². The zero-order valence-electron chi connectivity index (χ0n) is 9.43. The summed E-state index contributed by atoms with van der Waals surface area (Å²) in [6.07, 6.45) is -0.288. The van der Waals surface area contributed by atoms with Gasteiger partial charge in [0.25, 0.3) is 0 Å². The maximum atomic E-state index is 9.47. The van der Waals surface area contributed by atoms with Crippen LogP contribution in [0.1, 0.15) is 29.5 Å². The minimum atomic E-state index is -0.288. The summed E-state index contributed by atoms with van der Waals surface area (Å²) in [5.74, 6) is 0. The van der Waals surface area contributed by atoms with E-state index in [4.69, 9.17) is 5.73 Å².